The third-order valence-electron chi connectivity index (χ3n) is 5.74. The fourth-order valence-electron chi connectivity index (χ4n) is 4.21. The van der Waals surface area contributed by atoms with E-state index in [0.29, 0.717) is 32.8 Å². The van der Waals surface area contributed by atoms with Crippen LogP contribution in [-0.2, 0) is 16.1 Å². The largest absolute Gasteiger partial charge is 0.379 e. The second kappa shape index (κ2) is 9.37. The van der Waals surface area contributed by atoms with Crippen LogP contribution in [0.4, 0.5) is 10.1 Å². The van der Waals surface area contributed by atoms with Crippen molar-refractivity contribution in [3.8, 4) is 0 Å². The Morgan fingerprint density at radius 1 is 1.00 bits per heavy atom. The molecule has 6 heteroatoms. The van der Waals surface area contributed by atoms with Gasteiger partial charge in [0.05, 0.1) is 13.2 Å². The van der Waals surface area contributed by atoms with Crippen LogP contribution >= 0.6 is 0 Å². The van der Waals surface area contributed by atoms with Crippen molar-refractivity contribution >= 4 is 11.6 Å². The maximum Gasteiger partial charge on any atom is 0.242 e. The summed E-state index contributed by atoms with van der Waals surface area (Å²) in [6, 6.07) is 14.1. The number of para-hydroxylation sites is 1. The Bertz CT molecular complexity index is 815. The molecule has 1 atom stereocenters. The molecule has 2 aliphatic rings. The third kappa shape index (κ3) is 4.77. The van der Waals surface area contributed by atoms with Crippen molar-refractivity contribution in [3.63, 3.8) is 0 Å². The number of hydrogen-bond acceptors (Lipinski definition) is 4. The number of anilines is 1. The van der Waals surface area contributed by atoms with Crippen LogP contribution in [0.15, 0.2) is 48.5 Å². The first-order valence-corrected chi connectivity index (χ1v) is 10.4. The SMILES string of the molecule is O=C(NCc1ccccc1N1CCCC1)[C@H](c1ccc(F)cc1)N1CCOCC1. The molecule has 0 aromatic heterocycles. The zero-order chi connectivity index (χ0) is 20.1. The minimum atomic E-state index is -0.446. The van der Waals surface area contributed by atoms with Gasteiger partial charge in [0.1, 0.15) is 11.9 Å². The van der Waals surface area contributed by atoms with E-state index in [2.05, 4.69) is 27.2 Å². The number of rotatable bonds is 6. The molecule has 154 valence electrons. The zero-order valence-electron chi connectivity index (χ0n) is 16.6. The van der Waals surface area contributed by atoms with Crippen LogP contribution in [0.2, 0.25) is 0 Å². The van der Waals surface area contributed by atoms with Gasteiger partial charge in [0, 0.05) is 38.4 Å². The molecule has 1 amide bonds. The van der Waals surface area contributed by atoms with Crippen molar-refractivity contribution < 1.29 is 13.9 Å². The van der Waals surface area contributed by atoms with Gasteiger partial charge in [-0.05, 0) is 42.2 Å². The van der Waals surface area contributed by atoms with Gasteiger partial charge >= 0.3 is 0 Å². The molecule has 2 aliphatic heterocycles. The van der Waals surface area contributed by atoms with Crippen molar-refractivity contribution in [2.75, 3.05) is 44.3 Å². The van der Waals surface area contributed by atoms with Crippen LogP contribution in [0.1, 0.15) is 30.0 Å². The predicted molar refractivity (Wildman–Crippen MR) is 111 cm³/mol. The number of carbonyl (C=O) groups is 1. The lowest BCUT2D eigenvalue weighted by molar-refractivity contribution is -0.128. The normalized spacial score (nSPS) is 18.6. The number of carbonyl (C=O) groups excluding carboxylic acids is 1. The highest BCUT2D eigenvalue weighted by Crippen LogP contribution is 2.26. The summed E-state index contributed by atoms with van der Waals surface area (Å²) >= 11 is 0. The third-order valence-corrected chi connectivity index (χ3v) is 5.74. The molecule has 0 radical (unpaired) electrons. The van der Waals surface area contributed by atoms with E-state index in [1.165, 1.54) is 30.7 Å². The topological polar surface area (TPSA) is 44.8 Å². The standard InChI is InChI=1S/C23H28FN3O2/c24-20-9-7-18(8-10-20)22(27-13-15-29-16-14-27)23(28)25-17-19-5-1-2-6-21(19)26-11-3-4-12-26/h1-2,5-10,22H,3-4,11-17H2,(H,25,28)/t22-/m0/s1. The van der Waals surface area contributed by atoms with E-state index in [9.17, 15) is 9.18 Å². The van der Waals surface area contributed by atoms with Crippen molar-refractivity contribution in [1.29, 1.82) is 0 Å². The van der Waals surface area contributed by atoms with Gasteiger partial charge in [0.15, 0.2) is 0 Å². The van der Waals surface area contributed by atoms with Gasteiger partial charge in [-0.2, -0.15) is 0 Å². The second-order valence-corrected chi connectivity index (χ2v) is 7.64. The van der Waals surface area contributed by atoms with Gasteiger partial charge in [-0.3, -0.25) is 9.69 Å². The molecular weight excluding hydrogens is 369 g/mol. The van der Waals surface area contributed by atoms with Gasteiger partial charge in [-0.15, -0.1) is 0 Å². The van der Waals surface area contributed by atoms with E-state index in [0.717, 1.165) is 24.2 Å². The molecule has 1 N–H and O–H groups in total. The number of amides is 1. The average Bonchev–Trinajstić information content (AvgIpc) is 3.30. The molecule has 0 spiro atoms. The summed E-state index contributed by atoms with van der Waals surface area (Å²) < 4.78 is 18.9. The Labute approximate surface area is 171 Å². The van der Waals surface area contributed by atoms with E-state index in [-0.39, 0.29) is 11.7 Å². The quantitative estimate of drug-likeness (QED) is 0.814. The molecule has 4 rings (SSSR count). The Morgan fingerprint density at radius 3 is 2.41 bits per heavy atom. The van der Waals surface area contributed by atoms with Crippen molar-refractivity contribution in [3.05, 3.63) is 65.5 Å². The maximum atomic E-state index is 13.4. The van der Waals surface area contributed by atoms with Crippen LogP contribution in [0.25, 0.3) is 0 Å². The maximum absolute atomic E-state index is 13.4. The molecular formula is C23H28FN3O2. The fourth-order valence-corrected chi connectivity index (χ4v) is 4.21. The Balaban J connectivity index is 1.50. The van der Waals surface area contributed by atoms with Crippen LogP contribution in [0.3, 0.4) is 0 Å². The van der Waals surface area contributed by atoms with Gasteiger partial charge < -0.3 is 15.0 Å². The van der Waals surface area contributed by atoms with Gasteiger partial charge in [0.25, 0.3) is 0 Å². The molecule has 29 heavy (non-hydrogen) atoms. The lowest BCUT2D eigenvalue weighted by Crippen LogP contribution is -2.45. The Hall–Kier alpha value is -2.44. The van der Waals surface area contributed by atoms with E-state index in [4.69, 9.17) is 4.74 Å². The Kier molecular flexibility index (Phi) is 6.42. The van der Waals surface area contributed by atoms with E-state index in [1.807, 2.05) is 12.1 Å². The van der Waals surface area contributed by atoms with E-state index >= 15 is 0 Å². The highest BCUT2D eigenvalue weighted by atomic mass is 19.1. The lowest BCUT2D eigenvalue weighted by Gasteiger charge is -2.34. The first kappa shape index (κ1) is 19.9. The van der Waals surface area contributed by atoms with E-state index in [1.54, 1.807) is 12.1 Å². The second-order valence-electron chi connectivity index (χ2n) is 7.64. The monoisotopic (exact) mass is 397 g/mol. The summed E-state index contributed by atoms with van der Waals surface area (Å²) in [4.78, 5) is 17.7. The minimum Gasteiger partial charge on any atom is -0.379 e. The highest BCUT2D eigenvalue weighted by Gasteiger charge is 2.29. The molecule has 0 bridgehead atoms. The van der Waals surface area contributed by atoms with Crippen LogP contribution in [0, 0.1) is 5.82 Å². The van der Waals surface area contributed by atoms with E-state index < -0.39 is 6.04 Å². The molecule has 0 unspecified atom stereocenters. The van der Waals surface area contributed by atoms with Crippen LogP contribution in [-0.4, -0.2) is 50.2 Å². The van der Waals surface area contributed by atoms with Crippen LogP contribution < -0.4 is 10.2 Å². The van der Waals surface area contributed by atoms with Crippen molar-refractivity contribution in [1.82, 2.24) is 10.2 Å². The van der Waals surface area contributed by atoms with Crippen LogP contribution in [0.5, 0.6) is 0 Å². The number of ether oxygens (including phenoxy) is 1. The average molecular weight is 397 g/mol. The number of nitrogens with zero attached hydrogens (tertiary/aromatic N) is 2. The minimum absolute atomic E-state index is 0.0604. The smallest absolute Gasteiger partial charge is 0.242 e. The summed E-state index contributed by atoms with van der Waals surface area (Å²) in [7, 11) is 0. The summed E-state index contributed by atoms with van der Waals surface area (Å²) in [5.74, 6) is -0.357. The molecule has 2 heterocycles. The number of benzene rings is 2. The number of nitrogens with one attached hydrogen (secondary N) is 1. The lowest BCUT2D eigenvalue weighted by atomic mass is 10.0. The fraction of sp³-hybridized carbons (Fsp3) is 0.435. The summed E-state index contributed by atoms with van der Waals surface area (Å²) in [6.45, 7) is 5.17. The highest BCUT2D eigenvalue weighted by molar-refractivity contribution is 5.83. The van der Waals surface area contributed by atoms with Crippen molar-refractivity contribution in [2.45, 2.75) is 25.4 Å². The van der Waals surface area contributed by atoms with Gasteiger partial charge in [-0.25, -0.2) is 4.39 Å². The van der Waals surface area contributed by atoms with Gasteiger partial charge in [-0.1, -0.05) is 30.3 Å². The molecule has 0 aliphatic carbocycles. The number of morpholine rings is 1. The molecule has 2 saturated heterocycles. The molecule has 2 aromatic carbocycles. The molecule has 2 fully saturated rings. The molecule has 5 nitrogen and oxygen atoms in total. The molecule has 0 saturated carbocycles. The van der Waals surface area contributed by atoms with Crippen molar-refractivity contribution in [2.24, 2.45) is 0 Å². The number of hydrogen-bond donors (Lipinski definition) is 1. The predicted octanol–water partition coefficient (Wildman–Crippen LogP) is 3.12. The zero-order valence-corrected chi connectivity index (χ0v) is 16.6. The summed E-state index contributed by atoms with van der Waals surface area (Å²) in [6.07, 6.45) is 2.43. The first-order chi connectivity index (χ1) is 14.2. The molecule has 2 aromatic rings. The van der Waals surface area contributed by atoms with Gasteiger partial charge in [0.2, 0.25) is 5.91 Å². The Morgan fingerprint density at radius 2 is 1.69 bits per heavy atom. The first-order valence-electron chi connectivity index (χ1n) is 10.4. The summed E-state index contributed by atoms with van der Waals surface area (Å²) in [5.41, 5.74) is 3.14. The summed E-state index contributed by atoms with van der Waals surface area (Å²) in [5, 5.41) is 3.13. The number of halogens is 1.